The second-order valence-electron chi connectivity index (χ2n) is 6.03. The van der Waals surface area contributed by atoms with Crippen molar-refractivity contribution in [1.82, 2.24) is 4.98 Å². The summed E-state index contributed by atoms with van der Waals surface area (Å²) in [7, 11) is 1.60. The second kappa shape index (κ2) is 6.89. The van der Waals surface area contributed by atoms with Gasteiger partial charge in [-0.2, -0.15) is 0 Å². The molecule has 1 aliphatic rings. The Morgan fingerprint density at radius 2 is 1.92 bits per heavy atom. The predicted molar refractivity (Wildman–Crippen MR) is 96.8 cm³/mol. The van der Waals surface area contributed by atoms with E-state index < -0.39 is 17.8 Å². The summed E-state index contributed by atoms with van der Waals surface area (Å²) in [5.74, 6) is -1.38. The van der Waals surface area contributed by atoms with Crippen molar-refractivity contribution in [2.45, 2.75) is 19.8 Å². The zero-order valence-corrected chi connectivity index (χ0v) is 14.4. The first-order chi connectivity index (χ1) is 12.0. The number of carboxylic acids is 1. The molecule has 0 spiro atoms. The van der Waals surface area contributed by atoms with Crippen molar-refractivity contribution in [3.8, 4) is 5.75 Å². The van der Waals surface area contributed by atoms with Crippen LogP contribution in [0.2, 0.25) is 0 Å². The Labute approximate surface area is 146 Å². The molecule has 5 nitrogen and oxygen atoms in total. The van der Waals surface area contributed by atoms with Gasteiger partial charge in [0.2, 0.25) is 0 Å². The number of pyridine rings is 1. The molecule has 0 fully saturated rings. The first kappa shape index (κ1) is 16.9. The number of hydrogen-bond donors (Lipinski definition) is 1. The molecule has 2 unspecified atom stereocenters. The third-order valence-corrected chi connectivity index (χ3v) is 4.54. The lowest BCUT2D eigenvalue weighted by atomic mass is 9.73. The molecule has 3 rings (SSSR count). The molecule has 0 saturated heterocycles. The lowest BCUT2D eigenvalue weighted by molar-refractivity contribution is -0.139. The van der Waals surface area contributed by atoms with Crippen molar-refractivity contribution in [2.24, 2.45) is 10.9 Å². The van der Waals surface area contributed by atoms with Gasteiger partial charge in [-0.3, -0.25) is 14.8 Å². The summed E-state index contributed by atoms with van der Waals surface area (Å²) < 4.78 is 5.51. The number of aromatic nitrogens is 1. The van der Waals surface area contributed by atoms with Crippen LogP contribution < -0.4 is 4.74 Å². The van der Waals surface area contributed by atoms with Crippen molar-refractivity contribution < 1.29 is 14.6 Å². The number of carboxylic acid groups (broad SMARTS) is 1. The van der Waals surface area contributed by atoms with Gasteiger partial charge in [0.1, 0.15) is 11.7 Å². The molecule has 2 atom stereocenters. The van der Waals surface area contributed by atoms with Crippen molar-refractivity contribution in [3.63, 3.8) is 0 Å². The van der Waals surface area contributed by atoms with Crippen LogP contribution in [0.3, 0.4) is 0 Å². The number of para-hydroxylation sites is 1. The number of ether oxygens (including phenoxy) is 1. The van der Waals surface area contributed by atoms with Crippen LogP contribution >= 0.6 is 0 Å². The Morgan fingerprint density at radius 3 is 2.56 bits per heavy atom. The van der Waals surface area contributed by atoms with Gasteiger partial charge in [0.05, 0.1) is 7.11 Å². The van der Waals surface area contributed by atoms with Gasteiger partial charge in [-0.05, 0) is 37.1 Å². The molecule has 1 aromatic heterocycles. The SMILES string of the molecule is COc1ccccc1C1C(c2cccnc2)=C(C)N=C(C)C1C(=O)O. The van der Waals surface area contributed by atoms with Crippen LogP contribution in [0.4, 0.5) is 0 Å². The summed E-state index contributed by atoms with van der Waals surface area (Å²) in [6.45, 7) is 3.68. The van der Waals surface area contributed by atoms with E-state index in [1.807, 2.05) is 43.3 Å². The molecule has 25 heavy (non-hydrogen) atoms. The van der Waals surface area contributed by atoms with E-state index in [-0.39, 0.29) is 0 Å². The smallest absolute Gasteiger partial charge is 0.313 e. The van der Waals surface area contributed by atoms with E-state index in [0.29, 0.717) is 11.5 Å². The van der Waals surface area contributed by atoms with Crippen molar-refractivity contribution >= 4 is 17.3 Å². The van der Waals surface area contributed by atoms with Gasteiger partial charge in [0, 0.05) is 35.3 Å². The van der Waals surface area contributed by atoms with Gasteiger partial charge in [0.25, 0.3) is 0 Å². The first-order valence-electron chi connectivity index (χ1n) is 8.06. The summed E-state index contributed by atoms with van der Waals surface area (Å²) in [5, 5.41) is 9.90. The van der Waals surface area contributed by atoms with Crippen LogP contribution in [0.15, 0.2) is 59.5 Å². The summed E-state index contributed by atoms with van der Waals surface area (Å²) >= 11 is 0. The summed E-state index contributed by atoms with van der Waals surface area (Å²) in [5.41, 5.74) is 3.98. The molecule has 2 aromatic rings. The third kappa shape index (κ3) is 3.05. The highest BCUT2D eigenvalue weighted by Gasteiger charge is 2.40. The maximum Gasteiger partial charge on any atom is 0.313 e. The molecule has 128 valence electrons. The summed E-state index contributed by atoms with van der Waals surface area (Å²) in [4.78, 5) is 20.8. The van der Waals surface area contributed by atoms with E-state index in [9.17, 15) is 9.90 Å². The Kier molecular flexibility index (Phi) is 4.65. The van der Waals surface area contributed by atoms with Gasteiger partial charge >= 0.3 is 5.97 Å². The summed E-state index contributed by atoms with van der Waals surface area (Å²) in [6.07, 6.45) is 3.44. The monoisotopic (exact) mass is 336 g/mol. The zero-order valence-electron chi connectivity index (χ0n) is 14.4. The standard InChI is InChI=1S/C20H20N2O3/c1-12-17(14-7-6-10-21-11-14)19(18(20(23)24)13(2)22-12)15-8-4-5-9-16(15)25-3/h4-11,18-19H,1-3H3,(H,23,24). The maximum atomic E-state index is 12.1. The number of hydrogen-bond acceptors (Lipinski definition) is 4. The molecule has 0 radical (unpaired) electrons. The van der Waals surface area contributed by atoms with E-state index in [1.54, 1.807) is 26.4 Å². The number of aliphatic imine (C=N–C) groups is 1. The molecule has 5 heteroatoms. The number of carbonyl (C=O) groups is 1. The first-order valence-corrected chi connectivity index (χ1v) is 8.06. The van der Waals surface area contributed by atoms with Gasteiger partial charge in [0.15, 0.2) is 0 Å². The van der Waals surface area contributed by atoms with Gasteiger partial charge in [-0.15, -0.1) is 0 Å². The number of allylic oxidation sites excluding steroid dienone is 2. The minimum Gasteiger partial charge on any atom is -0.496 e. The second-order valence-corrected chi connectivity index (χ2v) is 6.03. The van der Waals surface area contributed by atoms with Crippen molar-refractivity contribution in [2.75, 3.05) is 7.11 Å². The predicted octanol–water partition coefficient (Wildman–Crippen LogP) is 3.78. The quantitative estimate of drug-likeness (QED) is 0.922. The molecule has 1 aromatic carbocycles. The lowest BCUT2D eigenvalue weighted by Crippen LogP contribution is -2.32. The van der Waals surface area contributed by atoms with E-state index in [1.165, 1.54) is 0 Å². The lowest BCUT2D eigenvalue weighted by Gasteiger charge is -2.32. The molecule has 0 amide bonds. The van der Waals surface area contributed by atoms with Crippen molar-refractivity contribution in [3.05, 3.63) is 65.6 Å². The van der Waals surface area contributed by atoms with Crippen LogP contribution in [0.25, 0.3) is 5.57 Å². The fourth-order valence-electron chi connectivity index (χ4n) is 3.52. The van der Waals surface area contributed by atoms with Crippen LogP contribution in [0, 0.1) is 5.92 Å². The highest BCUT2D eigenvalue weighted by molar-refractivity contribution is 6.06. The Bertz CT molecular complexity index is 856. The topological polar surface area (TPSA) is 71.8 Å². The average molecular weight is 336 g/mol. The van der Waals surface area contributed by atoms with Crippen LogP contribution in [0.5, 0.6) is 5.75 Å². The van der Waals surface area contributed by atoms with E-state index in [4.69, 9.17) is 4.74 Å². The number of benzene rings is 1. The van der Waals surface area contributed by atoms with Crippen molar-refractivity contribution in [1.29, 1.82) is 0 Å². The van der Waals surface area contributed by atoms with E-state index in [0.717, 1.165) is 22.4 Å². The zero-order chi connectivity index (χ0) is 18.0. The number of rotatable bonds is 4. The molecular formula is C20H20N2O3. The minimum absolute atomic E-state index is 0.393. The number of aliphatic carboxylic acids is 1. The fraction of sp³-hybridized carbons (Fsp3) is 0.250. The third-order valence-electron chi connectivity index (χ3n) is 4.54. The number of nitrogens with zero attached hydrogens (tertiary/aromatic N) is 2. The van der Waals surface area contributed by atoms with Gasteiger partial charge < -0.3 is 9.84 Å². The maximum absolute atomic E-state index is 12.1. The van der Waals surface area contributed by atoms with Gasteiger partial charge in [-0.25, -0.2) is 0 Å². The molecule has 0 aliphatic carbocycles. The fourth-order valence-corrected chi connectivity index (χ4v) is 3.52. The Morgan fingerprint density at radius 1 is 1.16 bits per heavy atom. The van der Waals surface area contributed by atoms with E-state index in [2.05, 4.69) is 9.98 Å². The molecular weight excluding hydrogens is 316 g/mol. The highest BCUT2D eigenvalue weighted by Crippen LogP contribution is 2.46. The normalized spacial score (nSPS) is 20.2. The Hall–Kier alpha value is -2.95. The number of methoxy groups -OCH3 is 1. The van der Waals surface area contributed by atoms with Crippen LogP contribution in [0.1, 0.15) is 30.9 Å². The Balaban J connectivity index is 2.28. The van der Waals surface area contributed by atoms with E-state index >= 15 is 0 Å². The molecule has 0 saturated carbocycles. The summed E-state index contributed by atoms with van der Waals surface area (Å²) in [6, 6.07) is 11.3. The average Bonchev–Trinajstić information content (AvgIpc) is 2.61. The molecule has 2 heterocycles. The molecule has 0 bridgehead atoms. The van der Waals surface area contributed by atoms with Crippen LogP contribution in [-0.4, -0.2) is 28.9 Å². The molecule has 1 N–H and O–H groups in total. The highest BCUT2D eigenvalue weighted by atomic mass is 16.5. The van der Waals surface area contributed by atoms with Crippen LogP contribution in [-0.2, 0) is 4.79 Å². The minimum atomic E-state index is -0.897. The largest absolute Gasteiger partial charge is 0.496 e. The molecule has 1 aliphatic heterocycles. The van der Waals surface area contributed by atoms with Gasteiger partial charge in [-0.1, -0.05) is 24.3 Å².